The zero-order valence-electron chi connectivity index (χ0n) is 12.0. The molecular formula is C17H19FN2O. The molecule has 0 unspecified atom stereocenters. The number of benzene rings is 2. The van der Waals surface area contributed by atoms with Gasteiger partial charge in [0, 0.05) is 19.2 Å². The Morgan fingerprint density at radius 1 is 1.10 bits per heavy atom. The van der Waals surface area contributed by atoms with Crippen LogP contribution in [-0.4, -0.2) is 12.5 Å². The predicted octanol–water partition coefficient (Wildman–Crippen LogP) is 3.12. The van der Waals surface area contributed by atoms with Gasteiger partial charge in [0.15, 0.2) is 0 Å². The second-order valence-corrected chi connectivity index (χ2v) is 4.93. The summed E-state index contributed by atoms with van der Waals surface area (Å²) in [6, 6.07) is 14.4. The maximum atomic E-state index is 13.0. The van der Waals surface area contributed by atoms with Gasteiger partial charge in [-0.3, -0.25) is 4.79 Å². The summed E-state index contributed by atoms with van der Waals surface area (Å²) in [6.07, 6.45) is 0.793. The molecule has 0 saturated carbocycles. The smallest absolute Gasteiger partial charge is 0.221 e. The molecule has 0 aliphatic heterocycles. The molecule has 0 spiro atoms. The van der Waals surface area contributed by atoms with Crippen LogP contribution in [0.2, 0.25) is 0 Å². The van der Waals surface area contributed by atoms with Crippen LogP contribution in [0.3, 0.4) is 0 Å². The lowest BCUT2D eigenvalue weighted by molar-refractivity contribution is -0.114. The highest BCUT2D eigenvalue weighted by Crippen LogP contribution is 2.09. The number of carbonyl (C=O) groups excluding carboxylic acids is 1. The number of hydrogen-bond donors (Lipinski definition) is 2. The van der Waals surface area contributed by atoms with E-state index in [4.69, 9.17) is 0 Å². The van der Waals surface area contributed by atoms with Crippen molar-refractivity contribution in [2.75, 3.05) is 11.9 Å². The van der Waals surface area contributed by atoms with E-state index in [0.29, 0.717) is 0 Å². The second kappa shape index (κ2) is 7.55. The van der Waals surface area contributed by atoms with Crippen LogP contribution in [0.4, 0.5) is 10.1 Å². The summed E-state index contributed by atoms with van der Waals surface area (Å²) in [7, 11) is 0. The number of halogens is 1. The van der Waals surface area contributed by atoms with Crippen LogP contribution in [0, 0.1) is 5.82 Å². The van der Waals surface area contributed by atoms with E-state index in [1.165, 1.54) is 13.0 Å². The summed E-state index contributed by atoms with van der Waals surface area (Å²) in [5.41, 5.74) is 2.93. The molecule has 0 atom stereocenters. The fourth-order valence-electron chi connectivity index (χ4n) is 2.07. The molecule has 2 rings (SSSR count). The van der Waals surface area contributed by atoms with Crippen molar-refractivity contribution in [2.45, 2.75) is 19.9 Å². The lowest BCUT2D eigenvalue weighted by Gasteiger charge is -2.07. The largest absolute Gasteiger partial charge is 0.326 e. The Kier molecular flexibility index (Phi) is 5.46. The van der Waals surface area contributed by atoms with Crippen molar-refractivity contribution in [3.05, 3.63) is 65.5 Å². The molecule has 110 valence electrons. The summed E-state index contributed by atoms with van der Waals surface area (Å²) >= 11 is 0. The molecule has 21 heavy (non-hydrogen) atoms. The summed E-state index contributed by atoms with van der Waals surface area (Å²) < 4.78 is 13.0. The van der Waals surface area contributed by atoms with E-state index < -0.39 is 0 Å². The Morgan fingerprint density at radius 2 is 1.86 bits per heavy atom. The van der Waals surface area contributed by atoms with Crippen molar-refractivity contribution in [2.24, 2.45) is 0 Å². The zero-order valence-corrected chi connectivity index (χ0v) is 12.0. The first-order valence-electron chi connectivity index (χ1n) is 6.95. The Hall–Kier alpha value is -2.20. The minimum atomic E-state index is -0.193. The first kappa shape index (κ1) is 15.2. The van der Waals surface area contributed by atoms with Gasteiger partial charge in [-0.2, -0.15) is 0 Å². The number of anilines is 1. The summed E-state index contributed by atoms with van der Waals surface area (Å²) in [5.74, 6) is -0.267. The molecule has 0 radical (unpaired) electrons. The van der Waals surface area contributed by atoms with Gasteiger partial charge in [-0.1, -0.05) is 24.3 Å². The standard InChI is InChI=1S/C17H19FN2O/c1-13(21)20-17-7-5-15(6-8-17)12-19-10-9-14-3-2-4-16(18)11-14/h2-8,11,19H,9-10,12H2,1H3,(H,20,21). The molecule has 1 amide bonds. The van der Waals surface area contributed by atoms with Crippen LogP contribution in [0.1, 0.15) is 18.1 Å². The molecule has 0 aliphatic rings. The number of rotatable bonds is 6. The van der Waals surface area contributed by atoms with E-state index in [1.54, 1.807) is 12.1 Å². The van der Waals surface area contributed by atoms with Gasteiger partial charge < -0.3 is 10.6 Å². The van der Waals surface area contributed by atoms with E-state index >= 15 is 0 Å². The molecule has 0 saturated heterocycles. The molecule has 4 heteroatoms. The first-order chi connectivity index (χ1) is 10.1. The van der Waals surface area contributed by atoms with Crippen LogP contribution in [0.5, 0.6) is 0 Å². The van der Waals surface area contributed by atoms with E-state index in [1.807, 2.05) is 30.3 Å². The molecule has 0 bridgehead atoms. The Bertz CT molecular complexity index is 596. The molecule has 2 aromatic rings. The third kappa shape index (κ3) is 5.36. The summed E-state index contributed by atoms with van der Waals surface area (Å²) in [5, 5.41) is 6.05. The molecule has 0 fully saturated rings. The molecule has 2 aromatic carbocycles. The Labute approximate surface area is 124 Å². The van der Waals surface area contributed by atoms with Crippen molar-refractivity contribution in [3.8, 4) is 0 Å². The minimum Gasteiger partial charge on any atom is -0.326 e. The highest BCUT2D eigenvalue weighted by atomic mass is 19.1. The molecule has 2 N–H and O–H groups in total. The average molecular weight is 286 g/mol. The van der Waals surface area contributed by atoms with Crippen molar-refractivity contribution in [1.29, 1.82) is 0 Å². The number of nitrogens with one attached hydrogen (secondary N) is 2. The normalized spacial score (nSPS) is 10.4. The van der Waals surface area contributed by atoms with Gasteiger partial charge in [-0.15, -0.1) is 0 Å². The quantitative estimate of drug-likeness (QED) is 0.801. The third-order valence-electron chi connectivity index (χ3n) is 3.08. The lowest BCUT2D eigenvalue weighted by Crippen LogP contribution is -2.16. The highest BCUT2D eigenvalue weighted by molar-refractivity contribution is 5.88. The highest BCUT2D eigenvalue weighted by Gasteiger charge is 1.98. The van der Waals surface area contributed by atoms with Crippen molar-refractivity contribution >= 4 is 11.6 Å². The Morgan fingerprint density at radius 3 is 2.52 bits per heavy atom. The fraction of sp³-hybridized carbons (Fsp3) is 0.235. The fourth-order valence-corrected chi connectivity index (χ4v) is 2.07. The summed E-state index contributed by atoms with van der Waals surface area (Å²) in [4.78, 5) is 10.9. The second-order valence-electron chi connectivity index (χ2n) is 4.93. The van der Waals surface area contributed by atoms with Crippen LogP contribution in [-0.2, 0) is 17.8 Å². The minimum absolute atomic E-state index is 0.0732. The number of carbonyl (C=O) groups is 1. The van der Waals surface area contributed by atoms with Gasteiger partial charge in [0.05, 0.1) is 0 Å². The van der Waals surface area contributed by atoms with Gasteiger partial charge in [-0.05, 0) is 48.4 Å². The maximum absolute atomic E-state index is 13.0. The molecule has 0 aliphatic carbocycles. The van der Waals surface area contributed by atoms with Gasteiger partial charge in [0.25, 0.3) is 0 Å². The van der Waals surface area contributed by atoms with Gasteiger partial charge in [0.1, 0.15) is 5.82 Å². The number of amides is 1. The van der Waals surface area contributed by atoms with E-state index in [-0.39, 0.29) is 11.7 Å². The molecule has 0 aromatic heterocycles. The van der Waals surface area contributed by atoms with Crippen molar-refractivity contribution in [1.82, 2.24) is 5.32 Å². The van der Waals surface area contributed by atoms with Gasteiger partial charge in [0.2, 0.25) is 5.91 Å². The SMILES string of the molecule is CC(=O)Nc1ccc(CNCCc2cccc(F)c2)cc1. The van der Waals surface area contributed by atoms with Crippen LogP contribution < -0.4 is 10.6 Å². The monoisotopic (exact) mass is 286 g/mol. The van der Waals surface area contributed by atoms with E-state index in [2.05, 4.69) is 10.6 Å². The van der Waals surface area contributed by atoms with E-state index in [0.717, 1.165) is 36.3 Å². The predicted molar refractivity (Wildman–Crippen MR) is 82.6 cm³/mol. The van der Waals surface area contributed by atoms with Gasteiger partial charge in [-0.25, -0.2) is 4.39 Å². The first-order valence-corrected chi connectivity index (χ1v) is 6.95. The van der Waals surface area contributed by atoms with Crippen LogP contribution in [0.25, 0.3) is 0 Å². The van der Waals surface area contributed by atoms with Crippen molar-refractivity contribution in [3.63, 3.8) is 0 Å². The van der Waals surface area contributed by atoms with E-state index in [9.17, 15) is 9.18 Å². The van der Waals surface area contributed by atoms with Crippen LogP contribution >= 0.6 is 0 Å². The molecule has 0 heterocycles. The van der Waals surface area contributed by atoms with Crippen LogP contribution in [0.15, 0.2) is 48.5 Å². The van der Waals surface area contributed by atoms with Crippen molar-refractivity contribution < 1.29 is 9.18 Å². The Balaban J connectivity index is 1.74. The van der Waals surface area contributed by atoms with Gasteiger partial charge >= 0.3 is 0 Å². The third-order valence-corrected chi connectivity index (χ3v) is 3.08. The summed E-state index contributed by atoms with van der Waals surface area (Å²) in [6.45, 7) is 3.02. The zero-order chi connectivity index (χ0) is 15.1. The topological polar surface area (TPSA) is 41.1 Å². The molecule has 3 nitrogen and oxygen atoms in total. The number of hydrogen-bond acceptors (Lipinski definition) is 2. The maximum Gasteiger partial charge on any atom is 0.221 e. The molecular weight excluding hydrogens is 267 g/mol. The lowest BCUT2D eigenvalue weighted by atomic mass is 10.1. The average Bonchev–Trinajstić information content (AvgIpc) is 2.45.